The molecule has 2 fully saturated rings. The molecule has 0 aliphatic carbocycles. The summed E-state index contributed by atoms with van der Waals surface area (Å²) < 4.78 is 66.0. The summed E-state index contributed by atoms with van der Waals surface area (Å²) in [6, 6.07) is 1.89. The maximum atomic E-state index is 12.3. The van der Waals surface area contributed by atoms with Crippen molar-refractivity contribution in [3.63, 3.8) is 0 Å². The number of likely N-dealkylation sites (tertiary alicyclic amines) is 1. The second kappa shape index (κ2) is 7.76. The monoisotopic (exact) mass is 414 g/mol. The van der Waals surface area contributed by atoms with Crippen LogP contribution in [0.3, 0.4) is 0 Å². The van der Waals surface area contributed by atoms with Crippen molar-refractivity contribution in [2.75, 3.05) is 32.6 Å². The van der Waals surface area contributed by atoms with Crippen LogP contribution in [0, 0.1) is 12.8 Å². The molecule has 27 heavy (non-hydrogen) atoms. The summed E-state index contributed by atoms with van der Waals surface area (Å²) in [5.74, 6) is -1.57. The third-order valence-corrected chi connectivity index (χ3v) is 7.36. The van der Waals surface area contributed by atoms with E-state index in [9.17, 15) is 21.6 Å². The molecule has 3 rings (SSSR count). The first-order valence-corrected chi connectivity index (χ1v) is 9.72. The number of alkyl halides is 3. The molecule has 0 radical (unpaired) electrons. The van der Waals surface area contributed by atoms with Gasteiger partial charge in [-0.15, -0.1) is 0 Å². The zero-order chi connectivity index (χ0) is 20.5. The van der Waals surface area contributed by atoms with Crippen LogP contribution >= 0.6 is 0 Å². The van der Waals surface area contributed by atoms with Crippen LogP contribution in [0.1, 0.15) is 17.9 Å². The van der Waals surface area contributed by atoms with Gasteiger partial charge in [0.1, 0.15) is 10.5 Å². The van der Waals surface area contributed by atoms with E-state index in [-0.39, 0.29) is 11.7 Å². The minimum atomic E-state index is -5.08. The second-order valence-electron chi connectivity index (χ2n) is 6.70. The lowest BCUT2D eigenvalue weighted by Crippen LogP contribution is -2.67. The van der Waals surface area contributed by atoms with Crippen LogP contribution in [0.25, 0.3) is 0 Å². The molecule has 1 unspecified atom stereocenters. The number of aliphatic carboxylic acids is 1. The minimum Gasteiger partial charge on any atom is -0.475 e. The van der Waals surface area contributed by atoms with Crippen molar-refractivity contribution in [1.29, 1.82) is 0 Å². The molecule has 1 N–H and O–H groups in total. The van der Waals surface area contributed by atoms with Gasteiger partial charge in [0.05, 0.1) is 18.1 Å². The first kappa shape index (κ1) is 21.6. The topological polar surface area (TPSA) is 110 Å². The largest absolute Gasteiger partial charge is 0.490 e. The highest BCUT2D eigenvalue weighted by Gasteiger charge is 2.61. The molecule has 0 bridgehead atoms. The lowest BCUT2D eigenvalue weighted by Gasteiger charge is -2.49. The predicted octanol–water partition coefficient (Wildman–Crippen LogP) is 1.25. The second-order valence-corrected chi connectivity index (χ2v) is 9.15. The summed E-state index contributed by atoms with van der Waals surface area (Å²) in [5, 5.41) is 11.1. The molecular formula is C15H21F3N2O6S. The molecule has 8 nitrogen and oxygen atoms in total. The third-order valence-electron chi connectivity index (χ3n) is 4.75. The highest BCUT2D eigenvalue weighted by Crippen LogP contribution is 2.45. The first-order chi connectivity index (χ1) is 12.4. The van der Waals surface area contributed by atoms with Gasteiger partial charge in [-0.05, 0) is 13.3 Å². The highest BCUT2D eigenvalue weighted by atomic mass is 32.2. The maximum Gasteiger partial charge on any atom is 0.490 e. The number of carboxylic acid groups (broad SMARTS) is 1. The summed E-state index contributed by atoms with van der Waals surface area (Å²) in [6.07, 6.45) is -4.37. The standard InChI is InChI=1S/C13H20N2O4S.C2HF3O2/c1-10-5-12(14-19-10)6-15-8-13(9-15)11(7-18-2)3-4-20(13,16)17;3-2(4,5)1(6)7/h5,11H,3-4,6-9H2,1-2H3;(H,6,7). The van der Waals surface area contributed by atoms with E-state index in [2.05, 4.69) is 10.1 Å². The molecule has 1 aromatic heterocycles. The number of carboxylic acids is 1. The Morgan fingerprint density at radius 1 is 1.48 bits per heavy atom. The number of aromatic nitrogens is 1. The van der Waals surface area contributed by atoms with Gasteiger partial charge in [0, 0.05) is 38.7 Å². The van der Waals surface area contributed by atoms with Gasteiger partial charge < -0.3 is 14.4 Å². The lowest BCUT2D eigenvalue weighted by molar-refractivity contribution is -0.192. The minimum absolute atomic E-state index is 0.118. The molecule has 1 atom stereocenters. The van der Waals surface area contributed by atoms with Crippen molar-refractivity contribution in [3.05, 3.63) is 17.5 Å². The van der Waals surface area contributed by atoms with E-state index in [1.165, 1.54) is 0 Å². The maximum absolute atomic E-state index is 12.3. The highest BCUT2D eigenvalue weighted by molar-refractivity contribution is 7.93. The predicted molar refractivity (Wildman–Crippen MR) is 86.7 cm³/mol. The number of carbonyl (C=O) groups is 1. The van der Waals surface area contributed by atoms with Crippen LogP contribution in [-0.4, -0.2) is 73.0 Å². The Morgan fingerprint density at radius 2 is 2.07 bits per heavy atom. The molecule has 2 aliphatic heterocycles. The summed E-state index contributed by atoms with van der Waals surface area (Å²) >= 11 is 0. The molecule has 3 heterocycles. The Balaban J connectivity index is 0.000000321. The number of methoxy groups -OCH3 is 1. The van der Waals surface area contributed by atoms with Crippen molar-refractivity contribution in [2.45, 2.75) is 30.8 Å². The normalized spacial score (nSPS) is 23.5. The summed E-state index contributed by atoms with van der Waals surface area (Å²) in [7, 11) is -1.37. The van der Waals surface area contributed by atoms with E-state index in [1.54, 1.807) is 7.11 Å². The molecule has 2 aliphatic rings. The lowest BCUT2D eigenvalue weighted by atomic mass is 9.83. The fraction of sp³-hybridized carbons (Fsp3) is 0.733. The van der Waals surface area contributed by atoms with Gasteiger partial charge in [-0.2, -0.15) is 13.2 Å². The number of hydrogen-bond donors (Lipinski definition) is 1. The third kappa shape index (κ3) is 4.61. The number of nitrogens with zero attached hydrogens (tertiary/aromatic N) is 2. The van der Waals surface area contributed by atoms with Crippen LogP contribution in [-0.2, 0) is 25.9 Å². The molecule has 1 aromatic rings. The summed E-state index contributed by atoms with van der Waals surface area (Å²) in [6.45, 7) is 4.18. The zero-order valence-corrected chi connectivity index (χ0v) is 15.6. The van der Waals surface area contributed by atoms with Crippen LogP contribution in [0.15, 0.2) is 10.6 Å². The van der Waals surface area contributed by atoms with Crippen LogP contribution in [0.2, 0.25) is 0 Å². The average molecular weight is 414 g/mol. The molecule has 154 valence electrons. The van der Waals surface area contributed by atoms with Gasteiger partial charge in [-0.3, -0.25) is 4.90 Å². The quantitative estimate of drug-likeness (QED) is 0.784. The Kier molecular flexibility index (Phi) is 6.22. The fourth-order valence-corrected chi connectivity index (χ4v) is 5.91. The molecule has 2 saturated heterocycles. The number of halogens is 3. The van der Waals surface area contributed by atoms with Crippen LogP contribution in [0.4, 0.5) is 13.2 Å². The van der Waals surface area contributed by atoms with Crippen molar-refractivity contribution >= 4 is 15.8 Å². The van der Waals surface area contributed by atoms with E-state index in [1.807, 2.05) is 13.0 Å². The van der Waals surface area contributed by atoms with Gasteiger partial charge in [0.15, 0.2) is 9.84 Å². The van der Waals surface area contributed by atoms with Crippen LogP contribution in [0.5, 0.6) is 0 Å². The van der Waals surface area contributed by atoms with Gasteiger partial charge in [-0.1, -0.05) is 5.16 Å². The van der Waals surface area contributed by atoms with E-state index in [4.69, 9.17) is 19.2 Å². The van der Waals surface area contributed by atoms with Crippen molar-refractivity contribution in [1.82, 2.24) is 10.1 Å². The van der Waals surface area contributed by atoms with E-state index >= 15 is 0 Å². The SMILES string of the molecule is COCC1CCS(=O)(=O)C12CN(Cc1cc(C)on1)C2.O=C(O)C(F)(F)F. The molecule has 1 spiro atoms. The number of hydrogen-bond acceptors (Lipinski definition) is 7. The number of sulfone groups is 1. The smallest absolute Gasteiger partial charge is 0.475 e. The Labute approximate surface area is 154 Å². The van der Waals surface area contributed by atoms with Crippen LogP contribution < -0.4 is 0 Å². The Hall–Kier alpha value is -1.66. The molecule has 0 saturated carbocycles. The summed E-state index contributed by atoms with van der Waals surface area (Å²) in [5.41, 5.74) is 0.857. The zero-order valence-electron chi connectivity index (χ0n) is 14.8. The molecule has 12 heteroatoms. The number of aryl methyl sites for hydroxylation is 1. The van der Waals surface area contributed by atoms with E-state index in [0.717, 1.165) is 11.5 Å². The van der Waals surface area contributed by atoms with Crippen molar-refractivity contribution < 1.29 is 40.8 Å². The average Bonchev–Trinajstić information content (AvgIpc) is 3.02. The Bertz CT molecular complexity index is 771. The Morgan fingerprint density at radius 3 is 2.52 bits per heavy atom. The van der Waals surface area contributed by atoms with Crippen molar-refractivity contribution in [2.24, 2.45) is 5.92 Å². The number of ether oxygens (including phenoxy) is 1. The van der Waals surface area contributed by atoms with Gasteiger partial charge >= 0.3 is 12.1 Å². The fourth-order valence-electron chi connectivity index (χ4n) is 3.45. The van der Waals surface area contributed by atoms with Gasteiger partial charge in [0.25, 0.3) is 0 Å². The van der Waals surface area contributed by atoms with Crippen molar-refractivity contribution in [3.8, 4) is 0 Å². The van der Waals surface area contributed by atoms with Gasteiger partial charge in [0.2, 0.25) is 0 Å². The summed E-state index contributed by atoms with van der Waals surface area (Å²) in [4.78, 5) is 11.0. The van der Waals surface area contributed by atoms with E-state index in [0.29, 0.717) is 32.7 Å². The first-order valence-electron chi connectivity index (χ1n) is 8.07. The molecular weight excluding hydrogens is 393 g/mol. The molecule has 0 aromatic carbocycles. The number of rotatable bonds is 4. The molecule has 0 amide bonds. The van der Waals surface area contributed by atoms with Gasteiger partial charge in [-0.25, -0.2) is 13.2 Å². The van der Waals surface area contributed by atoms with E-state index < -0.39 is 26.7 Å².